The predicted molar refractivity (Wildman–Crippen MR) is 78.6 cm³/mol. The van der Waals surface area contributed by atoms with E-state index in [2.05, 4.69) is 16.9 Å². The van der Waals surface area contributed by atoms with E-state index in [1.165, 1.54) is 0 Å². The zero-order chi connectivity index (χ0) is 14.7. The Morgan fingerprint density at radius 2 is 2.05 bits per heavy atom. The molecule has 0 spiro atoms. The van der Waals surface area contributed by atoms with Gasteiger partial charge in [-0.1, -0.05) is 6.92 Å². The standard InChI is InChI=1S/C14H25N5O/c1-4-12-9-13(17(3)16-12)14(20)19-7-5-18(6-8-19)11(2)10-15/h9,11H,4-8,10,15H2,1-3H3. The summed E-state index contributed by atoms with van der Waals surface area (Å²) in [6, 6.07) is 2.28. The first kappa shape index (κ1) is 15.0. The third-order valence-electron chi connectivity index (χ3n) is 4.08. The second-order valence-electron chi connectivity index (χ2n) is 5.41. The van der Waals surface area contributed by atoms with E-state index in [0.717, 1.165) is 38.3 Å². The number of nitrogens with two attached hydrogens (primary N) is 1. The summed E-state index contributed by atoms with van der Waals surface area (Å²) in [5.41, 5.74) is 7.34. The lowest BCUT2D eigenvalue weighted by Gasteiger charge is -2.37. The summed E-state index contributed by atoms with van der Waals surface area (Å²) in [5.74, 6) is 0.0831. The molecule has 1 aromatic rings. The summed E-state index contributed by atoms with van der Waals surface area (Å²) >= 11 is 0. The van der Waals surface area contributed by atoms with E-state index in [0.29, 0.717) is 18.3 Å². The molecule has 0 bridgehead atoms. The number of carbonyl (C=O) groups is 1. The van der Waals surface area contributed by atoms with Crippen molar-refractivity contribution < 1.29 is 4.79 Å². The molecule has 112 valence electrons. The van der Waals surface area contributed by atoms with Gasteiger partial charge in [-0.3, -0.25) is 14.4 Å². The van der Waals surface area contributed by atoms with Crippen molar-refractivity contribution in [3.63, 3.8) is 0 Å². The monoisotopic (exact) mass is 279 g/mol. The molecule has 20 heavy (non-hydrogen) atoms. The van der Waals surface area contributed by atoms with Crippen molar-refractivity contribution in [2.45, 2.75) is 26.3 Å². The lowest BCUT2D eigenvalue weighted by Crippen LogP contribution is -2.53. The van der Waals surface area contributed by atoms with Gasteiger partial charge in [-0.2, -0.15) is 5.10 Å². The Bertz CT molecular complexity index is 462. The number of hydrogen-bond donors (Lipinski definition) is 1. The van der Waals surface area contributed by atoms with Crippen LogP contribution in [0.15, 0.2) is 6.07 Å². The first-order valence-corrected chi connectivity index (χ1v) is 7.33. The fourth-order valence-electron chi connectivity index (χ4n) is 2.58. The van der Waals surface area contributed by atoms with E-state index < -0.39 is 0 Å². The van der Waals surface area contributed by atoms with Gasteiger partial charge in [-0.05, 0) is 19.4 Å². The minimum Gasteiger partial charge on any atom is -0.335 e. The number of aromatic nitrogens is 2. The molecule has 1 aliphatic rings. The number of rotatable bonds is 4. The second kappa shape index (κ2) is 6.37. The minimum absolute atomic E-state index is 0.0831. The summed E-state index contributed by atoms with van der Waals surface area (Å²) in [5, 5.41) is 4.34. The summed E-state index contributed by atoms with van der Waals surface area (Å²) in [6.45, 7) is 8.14. The van der Waals surface area contributed by atoms with E-state index in [1.54, 1.807) is 4.68 Å². The molecule has 2 N–H and O–H groups in total. The largest absolute Gasteiger partial charge is 0.335 e. The molecule has 6 heteroatoms. The number of aryl methyl sites for hydroxylation is 2. The van der Waals surface area contributed by atoms with Crippen molar-refractivity contribution in [1.82, 2.24) is 19.6 Å². The first-order valence-electron chi connectivity index (χ1n) is 7.33. The molecular weight excluding hydrogens is 254 g/mol. The van der Waals surface area contributed by atoms with Gasteiger partial charge in [0.2, 0.25) is 0 Å². The highest BCUT2D eigenvalue weighted by atomic mass is 16.2. The van der Waals surface area contributed by atoms with Crippen LogP contribution in [-0.2, 0) is 13.5 Å². The second-order valence-corrected chi connectivity index (χ2v) is 5.41. The first-order chi connectivity index (χ1) is 9.56. The highest BCUT2D eigenvalue weighted by Crippen LogP contribution is 2.11. The van der Waals surface area contributed by atoms with Crippen molar-refractivity contribution in [1.29, 1.82) is 0 Å². The third-order valence-corrected chi connectivity index (χ3v) is 4.08. The molecule has 1 atom stereocenters. The third kappa shape index (κ3) is 3.02. The number of piperazine rings is 1. The summed E-state index contributed by atoms with van der Waals surface area (Å²) in [7, 11) is 1.83. The number of nitrogens with zero attached hydrogens (tertiary/aromatic N) is 4. The van der Waals surface area contributed by atoms with E-state index in [4.69, 9.17) is 5.73 Å². The molecule has 2 rings (SSSR count). The lowest BCUT2D eigenvalue weighted by atomic mass is 10.2. The minimum atomic E-state index is 0.0831. The van der Waals surface area contributed by atoms with Gasteiger partial charge in [0, 0.05) is 45.8 Å². The zero-order valence-electron chi connectivity index (χ0n) is 12.7. The van der Waals surface area contributed by atoms with Gasteiger partial charge in [0.05, 0.1) is 5.69 Å². The maximum Gasteiger partial charge on any atom is 0.272 e. The Balaban J connectivity index is 1.99. The average Bonchev–Trinajstić information content (AvgIpc) is 2.87. The Kier molecular flexibility index (Phi) is 4.77. The van der Waals surface area contributed by atoms with Gasteiger partial charge < -0.3 is 10.6 Å². The van der Waals surface area contributed by atoms with E-state index >= 15 is 0 Å². The number of carbonyl (C=O) groups excluding carboxylic acids is 1. The topological polar surface area (TPSA) is 67.4 Å². The Morgan fingerprint density at radius 1 is 1.40 bits per heavy atom. The fraction of sp³-hybridized carbons (Fsp3) is 0.714. The van der Waals surface area contributed by atoms with E-state index in [-0.39, 0.29) is 5.91 Å². The van der Waals surface area contributed by atoms with E-state index in [1.807, 2.05) is 24.9 Å². The predicted octanol–water partition coefficient (Wildman–Crippen LogP) is 0.0875. The van der Waals surface area contributed by atoms with Crippen molar-refractivity contribution in [3.05, 3.63) is 17.5 Å². The van der Waals surface area contributed by atoms with Crippen LogP contribution >= 0.6 is 0 Å². The van der Waals surface area contributed by atoms with Gasteiger partial charge >= 0.3 is 0 Å². The van der Waals surface area contributed by atoms with Crippen LogP contribution in [-0.4, -0.2) is 64.3 Å². The Morgan fingerprint density at radius 3 is 2.55 bits per heavy atom. The Hall–Kier alpha value is -1.40. The van der Waals surface area contributed by atoms with Crippen LogP contribution in [0, 0.1) is 0 Å². The fourth-order valence-corrected chi connectivity index (χ4v) is 2.58. The van der Waals surface area contributed by atoms with Crippen LogP contribution in [0.5, 0.6) is 0 Å². The zero-order valence-corrected chi connectivity index (χ0v) is 12.7. The van der Waals surface area contributed by atoms with Gasteiger partial charge in [-0.15, -0.1) is 0 Å². The molecule has 1 aliphatic heterocycles. The number of hydrogen-bond acceptors (Lipinski definition) is 4. The summed E-state index contributed by atoms with van der Waals surface area (Å²) in [4.78, 5) is 16.8. The van der Waals surface area contributed by atoms with Crippen molar-refractivity contribution in [3.8, 4) is 0 Å². The van der Waals surface area contributed by atoms with Crippen molar-refractivity contribution >= 4 is 5.91 Å². The molecule has 6 nitrogen and oxygen atoms in total. The maximum absolute atomic E-state index is 12.5. The van der Waals surface area contributed by atoms with Crippen LogP contribution in [0.1, 0.15) is 30.0 Å². The molecule has 1 aromatic heterocycles. The maximum atomic E-state index is 12.5. The quantitative estimate of drug-likeness (QED) is 0.848. The summed E-state index contributed by atoms with van der Waals surface area (Å²) in [6.07, 6.45) is 0.850. The van der Waals surface area contributed by atoms with Crippen LogP contribution in [0.3, 0.4) is 0 Å². The van der Waals surface area contributed by atoms with E-state index in [9.17, 15) is 4.79 Å². The van der Waals surface area contributed by atoms with Gasteiger partial charge in [-0.25, -0.2) is 0 Å². The average molecular weight is 279 g/mol. The SMILES string of the molecule is CCc1cc(C(=O)N2CCN(C(C)CN)CC2)n(C)n1. The lowest BCUT2D eigenvalue weighted by molar-refractivity contribution is 0.0579. The molecular formula is C14H25N5O. The Labute approximate surface area is 120 Å². The number of amides is 1. The molecule has 1 unspecified atom stereocenters. The molecule has 0 aliphatic carbocycles. The molecule has 1 amide bonds. The van der Waals surface area contributed by atoms with Crippen LogP contribution in [0.4, 0.5) is 0 Å². The normalized spacial score (nSPS) is 18.3. The van der Waals surface area contributed by atoms with Gasteiger partial charge in [0.15, 0.2) is 0 Å². The van der Waals surface area contributed by atoms with Gasteiger partial charge in [0.25, 0.3) is 5.91 Å². The van der Waals surface area contributed by atoms with Crippen LogP contribution in [0.25, 0.3) is 0 Å². The molecule has 1 saturated heterocycles. The molecule has 2 heterocycles. The van der Waals surface area contributed by atoms with Crippen LogP contribution in [0.2, 0.25) is 0 Å². The molecule has 0 saturated carbocycles. The summed E-state index contributed by atoms with van der Waals surface area (Å²) < 4.78 is 1.69. The smallest absolute Gasteiger partial charge is 0.272 e. The van der Waals surface area contributed by atoms with Gasteiger partial charge in [0.1, 0.15) is 5.69 Å². The van der Waals surface area contributed by atoms with Crippen molar-refractivity contribution in [2.75, 3.05) is 32.7 Å². The van der Waals surface area contributed by atoms with Crippen molar-refractivity contribution in [2.24, 2.45) is 12.8 Å². The van der Waals surface area contributed by atoms with Crippen LogP contribution < -0.4 is 5.73 Å². The highest BCUT2D eigenvalue weighted by Gasteiger charge is 2.26. The molecule has 0 radical (unpaired) electrons. The highest BCUT2D eigenvalue weighted by molar-refractivity contribution is 5.92. The molecule has 0 aromatic carbocycles. The molecule has 1 fully saturated rings.